The molecule has 5 heteroatoms. The van der Waals surface area contributed by atoms with E-state index in [-0.39, 0.29) is 0 Å². The predicted octanol–water partition coefficient (Wildman–Crippen LogP) is 8.07. The van der Waals surface area contributed by atoms with Crippen molar-refractivity contribution >= 4 is 5.97 Å². The summed E-state index contributed by atoms with van der Waals surface area (Å²) in [5, 5.41) is 0. The number of hydrogen-bond acceptors (Lipinski definition) is 5. The Morgan fingerprint density at radius 3 is 2.09 bits per heavy atom. The minimum absolute atomic E-state index is 0.312. The number of carbonyl (C=O) groups is 1. The van der Waals surface area contributed by atoms with E-state index in [1.165, 1.54) is 12.0 Å². The van der Waals surface area contributed by atoms with E-state index in [4.69, 9.17) is 18.9 Å². The number of rotatable bonds is 14. The Bertz CT molecular complexity index is 716. The molecule has 0 aliphatic carbocycles. The second-order valence-electron chi connectivity index (χ2n) is 9.04. The molecule has 0 saturated heterocycles. The van der Waals surface area contributed by atoms with Gasteiger partial charge in [-0.05, 0) is 63.0 Å². The van der Waals surface area contributed by atoms with Crippen LogP contribution in [0, 0.1) is 11.8 Å². The van der Waals surface area contributed by atoms with Gasteiger partial charge in [-0.25, -0.2) is 4.79 Å². The Morgan fingerprint density at radius 2 is 1.63 bits per heavy atom. The van der Waals surface area contributed by atoms with Crippen LogP contribution in [0.5, 0.6) is 11.5 Å². The topological polar surface area (TPSA) is 54.0 Å². The van der Waals surface area contributed by atoms with E-state index in [2.05, 4.69) is 34.3 Å². The summed E-state index contributed by atoms with van der Waals surface area (Å²) in [7, 11) is 3.31. The Kier molecular flexibility index (Phi) is 22.1. The monoisotopic (exact) mass is 492 g/mol. The van der Waals surface area contributed by atoms with Crippen molar-refractivity contribution in [2.45, 2.75) is 81.1 Å². The van der Waals surface area contributed by atoms with Gasteiger partial charge in [-0.1, -0.05) is 71.9 Å². The average Bonchev–Trinajstić information content (AvgIpc) is 2.83. The highest BCUT2D eigenvalue weighted by molar-refractivity contribution is 5.96. The van der Waals surface area contributed by atoms with Gasteiger partial charge >= 0.3 is 5.97 Å². The maximum absolute atomic E-state index is 12.7. The van der Waals surface area contributed by atoms with Gasteiger partial charge in [-0.2, -0.15) is 0 Å². The molecule has 1 aromatic carbocycles. The summed E-state index contributed by atoms with van der Waals surface area (Å²) in [4.78, 5) is 12.7. The van der Waals surface area contributed by atoms with Crippen LogP contribution in [-0.2, 0) is 15.9 Å². The van der Waals surface area contributed by atoms with Gasteiger partial charge in [0.2, 0.25) is 0 Å². The van der Waals surface area contributed by atoms with E-state index in [9.17, 15) is 4.79 Å². The van der Waals surface area contributed by atoms with Gasteiger partial charge in [-0.3, -0.25) is 0 Å². The molecule has 0 atom stereocenters. The number of methoxy groups -OCH3 is 2. The van der Waals surface area contributed by atoms with Gasteiger partial charge in [-0.15, -0.1) is 0 Å². The number of benzene rings is 1. The van der Waals surface area contributed by atoms with Gasteiger partial charge in [0.05, 0.1) is 13.7 Å². The largest absolute Gasteiger partial charge is 0.495 e. The fraction of sp³-hybridized carbons (Fsp3) is 0.633. The van der Waals surface area contributed by atoms with Crippen LogP contribution in [0.25, 0.3) is 0 Å². The number of ether oxygens (including phenoxy) is 4. The van der Waals surface area contributed by atoms with Crippen molar-refractivity contribution in [2.24, 2.45) is 11.8 Å². The fourth-order valence-corrected chi connectivity index (χ4v) is 2.87. The molecule has 0 aliphatic rings. The van der Waals surface area contributed by atoms with Gasteiger partial charge in [0.15, 0.2) is 0 Å². The maximum Gasteiger partial charge on any atom is 0.345 e. The molecule has 202 valence electrons. The van der Waals surface area contributed by atoms with Crippen molar-refractivity contribution in [3.8, 4) is 11.5 Å². The van der Waals surface area contributed by atoms with Gasteiger partial charge in [0, 0.05) is 13.7 Å². The molecule has 0 spiro atoms. The maximum atomic E-state index is 12.7. The predicted molar refractivity (Wildman–Crippen MR) is 149 cm³/mol. The van der Waals surface area contributed by atoms with E-state index >= 15 is 0 Å². The van der Waals surface area contributed by atoms with E-state index in [1.54, 1.807) is 20.3 Å². The second-order valence-corrected chi connectivity index (χ2v) is 9.04. The zero-order valence-electron chi connectivity index (χ0n) is 24.2. The lowest BCUT2D eigenvalue weighted by molar-refractivity contribution is 0.0503. The quantitative estimate of drug-likeness (QED) is 0.149. The number of carbonyl (C=O) groups excluding carboxylic acids is 1. The van der Waals surface area contributed by atoms with E-state index in [0.717, 1.165) is 30.9 Å². The first-order valence-corrected chi connectivity index (χ1v) is 12.9. The highest BCUT2D eigenvalue weighted by Crippen LogP contribution is 2.34. The Balaban J connectivity index is 0. The number of aryl methyl sites for hydroxylation is 1. The zero-order chi connectivity index (χ0) is 27.2. The second kappa shape index (κ2) is 22.2. The van der Waals surface area contributed by atoms with Crippen LogP contribution in [0.4, 0.5) is 0 Å². The molecule has 35 heavy (non-hydrogen) atoms. The molecule has 0 unspecified atom stereocenters. The van der Waals surface area contributed by atoms with E-state index in [0.29, 0.717) is 42.6 Å². The number of esters is 1. The van der Waals surface area contributed by atoms with Crippen LogP contribution in [0.15, 0.2) is 36.4 Å². The molecule has 0 amide bonds. The molecule has 0 heterocycles. The summed E-state index contributed by atoms with van der Waals surface area (Å²) in [5.41, 5.74) is 2.54. The molecule has 0 fully saturated rings. The molecule has 1 aromatic rings. The van der Waals surface area contributed by atoms with Crippen molar-refractivity contribution in [3.63, 3.8) is 0 Å². The van der Waals surface area contributed by atoms with Crippen LogP contribution >= 0.6 is 0 Å². The highest BCUT2D eigenvalue weighted by Gasteiger charge is 2.23. The van der Waals surface area contributed by atoms with Crippen molar-refractivity contribution in [3.05, 3.63) is 47.6 Å². The number of allylic oxidation sites excluding steroid dienone is 1. The third kappa shape index (κ3) is 16.9. The molecule has 0 bridgehead atoms. The molecule has 0 aliphatic heterocycles. The lowest BCUT2D eigenvalue weighted by atomic mass is 9.99. The first kappa shape index (κ1) is 34.9. The smallest absolute Gasteiger partial charge is 0.345 e. The molecule has 0 radical (unpaired) electrons. The van der Waals surface area contributed by atoms with Crippen molar-refractivity contribution in [2.75, 3.05) is 34.0 Å². The summed E-state index contributed by atoms with van der Waals surface area (Å²) >= 11 is 0. The van der Waals surface area contributed by atoms with Gasteiger partial charge < -0.3 is 18.9 Å². The molecule has 1 rings (SSSR count). The fourth-order valence-electron chi connectivity index (χ4n) is 2.87. The summed E-state index contributed by atoms with van der Waals surface area (Å²) in [6, 6.07) is 3.77. The summed E-state index contributed by atoms with van der Waals surface area (Å²) in [6.07, 6.45) is 7.39. The third-order valence-electron chi connectivity index (χ3n) is 4.76. The van der Waals surface area contributed by atoms with Crippen LogP contribution < -0.4 is 9.47 Å². The lowest BCUT2D eigenvalue weighted by Crippen LogP contribution is -2.12. The SMILES string of the molecule is C=CCOc1ccc(CCC(C)C)c(OC)c1C(=O)OCCC=C(C)C.CC.COCCC(C)C. The summed E-state index contributed by atoms with van der Waals surface area (Å²) in [6.45, 7) is 22.0. The van der Waals surface area contributed by atoms with Crippen LogP contribution in [0.3, 0.4) is 0 Å². The third-order valence-corrected chi connectivity index (χ3v) is 4.76. The van der Waals surface area contributed by atoms with E-state index in [1.807, 2.05) is 45.9 Å². The Hall–Kier alpha value is -2.27. The molecule has 0 aromatic heterocycles. The zero-order valence-corrected chi connectivity index (χ0v) is 24.2. The minimum atomic E-state index is -0.422. The summed E-state index contributed by atoms with van der Waals surface area (Å²) in [5.74, 6) is 1.92. The summed E-state index contributed by atoms with van der Waals surface area (Å²) < 4.78 is 21.5. The Morgan fingerprint density at radius 1 is 1.00 bits per heavy atom. The molecular weight excluding hydrogens is 440 g/mol. The first-order chi connectivity index (χ1) is 16.7. The van der Waals surface area contributed by atoms with Crippen molar-refractivity contribution in [1.82, 2.24) is 0 Å². The van der Waals surface area contributed by atoms with Gasteiger partial charge in [0.1, 0.15) is 23.7 Å². The number of hydrogen-bond donors (Lipinski definition) is 0. The molecule has 0 saturated carbocycles. The Labute approximate surface area is 215 Å². The lowest BCUT2D eigenvalue weighted by Gasteiger charge is -2.17. The highest BCUT2D eigenvalue weighted by atomic mass is 16.5. The molecule has 5 nitrogen and oxygen atoms in total. The normalized spacial score (nSPS) is 9.94. The average molecular weight is 493 g/mol. The van der Waals surface area contributed by atoms with E-state index < -0.39 is 5.97 Å². The van der Waals surface area contributed by atoms with Crippen LogP contribution in [0.1, 0.15) is 90.6 Å². The van der Waals surface area contributed by atoms with Crippen molar-refractivity contribution < 1.29 is 23.7 Å². The van der Waals surface area contributed by atoms with Gasteiger partial charge in [0.25, 0.3) is 0 Å². The van der Waals surface area contributed by atoms with Crippen LogP contribution in [-0.4, -0.2) is 40.0 Å². The van der Waals surface area contributed by atoms with Crippen molar-refractivity contribution in [1.29, 1.82) is 0 Å². The standard InChI is InChI=1S/C22H32O4.C6H14O.C2H6/c1-7-14-25-19-13-12-18(11-10-17(4)5)21(24-6)20(19)22(23)26-15-8-9-16(2)3;1-6(2)4-5-7-3;1-2/h7,9,12-13,17H,1,8,10-11,14-15H2,2-6H3;6H,4-5H2,1-3H3;1-2H3. The minimum Gasteiger partial charge on any atom is -0.495 e. The first-order valence-electron chi connectivity index (χ1n) is 12.9. The molecule has 0 N–H and O–H groups in total. The van der Waals surface area contributed by atoms with Crippen LogP contribution in [0.2, 0.25) is 0 Å². The molecular formula is C30H52O5.